The molecule has 0 N–H and O–H groups in total. The van der Waals surface area contributed by atoms with Crippen LogP contribution in [0.4, 0.5) is 0 Å². The third kappa shape index (κ3) is 3.53. The van der Waals surface area contributed by atoms with Gasteiger partial charge in [-0.1, -0.05) is 6.92 Å². The van der Waals surface area contributed by atoms with Gasteiger partial charge in [0.25, 0.3) is 0 Å². The van der Waals surface area contributed by atoms with Crippen molar-refractivity contribution < 1.29 is 14.3 Å². The summed E-state index contributed by atoms with van der Waals surface area (Å²) in [7, 11) is 0. The first-order valence-corrected chi connectivity index (χ1v) is 3.49. The van der Waals surface area contributed by atoms with Gasteiger partial charge in [-0.3, -0.25) is 0 Å². The number of nitrogens with zero attached hydrogens (tertiary/aromatic N) is 1. The first-order chi connectivity index (χ1) is 5.26. The minimum atomic E-state index is -0.674. The molecule has 0 aromatic rings. The summed E-state index contributed by atoms with van der Waals surface area (Å²) in [6.07, 6.45) is 1.80. The lowest BCUT2D eigenvalue weighted by atomic mass is 10.2. The van der Waals surface area contributed by atoms with Crippen molar-refractivity contribution in [3.8, 4) is 0 Å². The van der Waals surface area contributed by atoms with Crippen LogP contribution in [0.15, 0.2) is 4.99 Å². The Labute approximate surface area is 65.3 Å². The lowest BCUT2D eigenvalue weighted by molar-refractivity contribution is -0.144. The van der Waals surface area contributed by atoms with Crippen molar-refractivity contribution in [1.82, 2.24) is 0 Å². The normalized spacial score (nSPS) is 11.5. The van der Waals surface area contributed by atoms with Crippen LogP contribution in [0, 0.1) is 0 Å². The van der Waals surface area contributed by atoms with Gasteiger partial charge in [0, 0.05) is 0 Å². The zero-order valence-corrected chi connectivity index (χ0v) is 6.66. The van der Waals surface area contributed by atoms with E-state index in [-0.39, 0.29) is 0 Å². The molecule has 0 aliphatic heterocycles. The van der Waals surface area contributed by atoms with Crippen molar-refractivity contribution in [3.63, 3.8) is 0 Å². The Bertz CT molecular complexity index is 173. The van der Waals surface area contributed by atoms with Crippen LogP contribution in [0.3, 0.4) is 0 Å². The fraction of sp³-hybridized carbons (Fsp3) is 0.714. The molecule has 0 amide bonds. The maximum absolute atomic E-state index is 10.9. The highest BCUT2D eigenvalue weighted by atomic mass is 16.5. The molecule has 0 aliphatic carbocycles. The van der Waals surface area contributed by atoms with Gasteiger partial charge < -0.3 is 4.74 Å². The molecule has 0 aromatic heterocycles. The topological polar surface area (TPSA) is 55.7 Å². The molecule has 62 valence electrons. The maximum Gasteiger partial charge on any atom is 0.331 e. The highest BCUT2D eigenvalue weighted by Crippen LogP contribution is 1.98. The van der Waals surface area contributed by atoms with Crippen LogP contribution < -0.4 is 0 Å². The number of hydrogen-bond donors (Lipinski definition) is 0. The van der Waals surface area contributed by atoms with Gasteiger partial charge in [-0.2, -0.15) is 4.99 Å². The van der Waals surface area contributed by atoms with Crippen LogP contribution in [0.25, 0.3) is 0 Å². The van der Waals surface area contributed by atoms with E-state index < -0.39 is 12.0 Å². The smallest absolute Gasteiger partial charge is 0.331 e. The number of ether oxygens (including phenoxy) is 1. The van der Waals surface area contributed by atoms with Crippen molar-refractivity contribution in [1.29, 1.82) is 0 Å². The van der Waals surface area contributed by atoms with Gasteiger partial charge >= 0.3 is 5.97 Å². The average molecular weight is 157 g/mol. The molecule has 0 heterocycles. The van der Waals surface area contributed by atoms with Crippen molar-refractivity contribution >= 4 is 12.0 Å². The minimum absolute atomic E-state index is 0.309. The summed E-state index contributed by atoms with van der Waals surface area (Å²) < 4.78 is 4.64. The van der Waals surface area contributed by atoms with Gasteiger partial charge in [0.15, 0.2) is 6.04 Å². The quantitative estimate of drug-likeness (QED) is 0.342. The zero-order valence-electron chi connectivity index (χ0n) is 6.66. The molecule has 0 bridgehead atoms. The van der Waals surface area contributed by atoms with Crippen LogP contribution in [0.2, 0.25) is 0 Å². The Balaban J connectivity index is 4.02. The third-order valence-electron chi connectivity index (χ3n) is 1.15. The van der Waals surface area contributed by atoms with Gasteiger partial charge in [0.2, 0.25) is 6.08 Å². The first-order valence-electron chi connectivity index (χ1n) is 3.49. The van der Waals surface area contributed by atoms with E-state index >= 15 is 0 Å². The predicted octanol–water partition coefficient (Wildman–Crippen LogP) is 0.664. The number of hydrogen-bond acceptors (Lipinski definition) is 4. The van der Waals surface area contributed by atoms with Crippen LogP contribution >= 0.6 is 0 Å². The Kier molecular flexibility index (Phi) is 5.03. The van der Waals surface area contributed by atoms with E-state index in [9.17, 15) is 9.59 Å². The molecule has 4 nitrogen and oxygen atoms in total. The number of carbonyl (C=O) groups excluding carboxylic acids is 2. The van der Waals surface area contributed by atoms with E-state index in [1.54, 1.807) is 13.8 Å². The van der Waals surface area contributed by atoms with E-state index in [0.717, 1.165) is 0 Å². The first kappa shape index (κ1) is 9.85. The van der Waals surface area contributed by atoms with Crippen molar-refractivity contribution in [3.05, 3.63) is 0 Å². The molecule has 0 aromatic carbocycles. The Morgan fingerprint density at radius 1 is 1.64 bits per heavy atom. The van der Waals surface area contributed by atoms with Crippen LogP contribution in [-0.2, 0) is 14.3 Å². The standard InChI is InChI=1S/C7H11NO3/c1-3-6(8-5-9)7(10)11-4-2/h6H,3-4H2,1-2H3. The Hall–Kier alpha value is -1.15. The minimum Gasteiger partial charge on any atom is -0.464 e. The summed E-state index contributed by atoms with van der Waals surface area (Å²) in [5.41, 5.74) is 0. The summed E-state index contributed by atoms with van der Waals surface area (Å²) in [5.74, 6) is -0.460. The largest absolute Gasteiger partial charge is 0.464 e. The average Bonchev–Trinajstić information content (AvgIpc) is 2.00. The molecule has 0 rings (SSSR count). The maximum atomic E-state index is 10.9. The molecule has 0 spiro atoms. The predicted molar refractivity (Wildman–Crippen MR) is 38.8 cm³/mol. The fourth-order valence-electron chi connectivity index (χ4n) is 0.613. The van der Waals surface area contributed by atoms with E-state index in [1.165, 1.54) is 6.08 Å². The molecule has 0 saturated heterocycles. The summed E-state index contributed by atoms with van der Waals surface area (Å²) in [6, 6.07) is -0.674. The molecule has 0 radical (unpaired) electrons. The molecule has 0 fully saturated rings. The number of aliphatic imine (C=N–C) groups is 1. The fourth-order valence-corrected chi connectivity index (χ4v) is 0.613. The molecule has 4 heteroatoms. The van der Waals surface area contributed by atoms with Gasteiger partial charge in [-0.15, -0.1) is 0 Å². The molecule has 0 aliphatic rings. The SMILES string of the molecule is CCOC(=O)C(CC)N=C=O. The molecule has 1 unspecified atom stereocenters. The third-order valence-corrected chi connectivity index (χ3v) is 1.15. The zero-order chi connectivity index (χ0) is 8.69. The summed E-state index contributed by atoms with van der Waals surface area (Å²) >= 11 is 0. The van der Waals surface area contributed by atoms with Gasteiger partial charge in [-0.25, -0.2) is 9.59 Å². The second kappa shape index (κ2) is 5.62. The number of rotatable bonds is 4. The van der Waals surface area contributed by atoms with Gasteiger partial charge in [0.05, 0.1) is 6.61 Å². The van der Waals surface area contributed by atoms with Gasteiger partial charge in [-0.05, 0) is 13.3 Å². The summed E-state index contributed by atoms with van der Waals surface area (Å²) in [6.45, 7) is 3.77. The highest BCUT2D eigenvalue weighted by Gasteiger charge is 2.15. The summed E-state index contributed by atoms with van der Waals surface area (Å²) in [4.78, 5) is 23.9. The second-order valence-corrected chi connectivity index (χ2v) is 1.90. The van der Waals surface area contributed by atoms with Crippen molar-refractivity contribution in [2.24, 2.45) is 4.99 Å². The van der Waals surface area contributed by atoms with E-state index in [2.05, 4.69) is 9.73 Å². The second-order valence-electron chi connectivity index (χ2n) is 1.90. The lowest BCUT2D eigenvalue weighted by Gasteiger charge is -2.05. The molecular weight excluding hydrogens is 146 g/mol. The number of isocyanates is 1. The molecule has 1 atom stereocenters. The highest BCUT2D eigenvalue weighted by molar-refractivity contribution is 5.76. The van der Waals surface area contributed by atoms with Crippen LogP contribution in [0.5, 0.6) is 0 Å². The monoisotopic (exact) mass is 157 g/mol. The van der Waals surface area contributed by atoms with E-state index in [1.807, 2.05) is 0 Å². The van der Waals surface area contributed by atoms with Gasteiger partial charge in [0.1, 0.15) is 0 Å². The summed E-state index contributed by atoms with van der Waals surface area (Å²) in [5, 5.41) is 0. The van der Waals surface area contributed by atoms with Crippen molar-refractivity contribution in [2.75, 3.05) is 6.61 Å². The molecule has 11 heavy (non-hydrogen) atoms. The van der Waals surface area contributed by atoms with Crippen molar-refractivity contribution in [2.45, 2.75) is 26.3 Å². The van der Waals surface area contributed by atoms with E-state index in [4.69, 9.17) is 0 Å². The lowest BCUT2D eigenvalue weighted by Crippen LogP contribution is -2.20. The Morgan fingerprint density at radius 2 is 2.27 bits per heavy atom. The molecular formula is C7H11NO3. The van der Waals surface area contributed by atoms with Crippen LogP contribution in [-0.4, -0.2) is 24.7 Å². The Morgan fingerprint density at radius 3 is 2.64 bits per heavy atom. The van der Waals surface area contributed by atoms with Crippen LogP contribution in [0.1, 0.15) is 20.3 Å². The van der Waals surface area contributed by atoms with E-state index in [0.29, 0.717) is 13.0 Å². The number of carbonyl (C=O) groups is 1. The number of esters is 1. The molecule has 0 saturated carbocycles.